The maximum atomic E-state index is 14.5. The lowest BCUT2D eigenvalue weighted by Crippen LogP contribution is -2.17. The molecule has 3 aromatic rings. The third kappa shape index (κ3) is 4.48. The first-order chi connectivity index (χ1) is 14.7. The van der Waals surface area contributed by atoms with Gasteiger partial charge in [0.05, 0.1) is 12.3 Å². The molecular weight excluding hydrogens is 406 g/mol. The van der Waals surface area contributed by atoms with Crippen LogP contribution in [0.1, 0.15) is 44.1 Å². The second-order valence-corrected chi connectivity index (χ2v) is 8.44. The second kappa shape index (κ2) is 9.55. The van der Waals surface area contributed by atoms with Gasteiger partial charge in [-0.1, -0.05) is 36.0 Å². The maximum absolute atomic E-state index is 14.5. The van der Waals surface area contributed by atoms with Gasteiger partial charge in [0.2, 0.25) is 11.0 Å². The lowest BCUT2D eigenvalue weighted by molar-refractivity contribution is 0.308. The Balaban J connectivity index is 1.34. The van der Waals surface area contributed by atoms with Gasteiger partial charge in [-0.2, -0.15) is 9.07 Å². The monoisotopic (exact) mass is 430 g/mol. The predicted octanol–water partition coefficient (Wildman–Crippen LogP) is 5.41. The number of nitrogens with zero attached hydrogens (tertiary/aromatic N) is 4. The number of thioether (sulfide) groups is 1. The van der Waals surface area contributed by atoms with Gasteiger partial charge in [0.25, 0.3) is 0 Å². The van der Waals surface area contributed by atoms with Crippen LogP contribution in [0, 0.1) is 17.6 Å². The molecule has 1 aromatic heterocycles. The minimum absolute atomic E-state index is 0.0139. The van der Waals surface area contributed by atoms with E-state index >= 15 is 0 Å². The van der Waals surface area contributed by atoms with Gasteiger partial charge in [-0.25, -0.2) is 4.39 Å². The zero-order valence-electron chi connectivity index (χ0n) is 16.8. The van der Waals surface area contributed by atoms with Gasteiger partial charge in [-0.15, -0.1) is 5.10 Å². The third-order valence-corrected chi connectivity index (χ3v) is 6.70. The molecule has 1 aliphatic rings. The SMILES string of the molecule is CCOc1ccc(C2CCC(CSc3nnnn3-c3ccccc3)CC2)c(F)c1F. The molecule has 0 amide bonds. The van der Waals surface area contributed by atoms with E-state index in [1.807, 2.05) is 30.3 Å². The first-order valence-corrected chi connectivity index (χ1v) is 11.2. The van der Waals surface area contributed by atoms with E-state index in [2.05, 4.69) is 15.5 Å². The highest BCUT2D eigenvalue weighted by atomic mass is 32.2. The average Bonchev–Trinajstić information content (AvgIpc) is 3.26. The summed E-state index contributed by atoms with van der Waals surface area (Å²) in [5, 5.41) is 12.8. The van der Waals surface area contributed by atoms with E-state index in [9.17, 15) is 8.78 Å². The molecule has 1 aliphatic carbocycles. The van der Waals surface area contributed by atoms with Gasteiger partial charge >= 0.3 is 0 Å². The van der Waals surface area contributed by atoms with E-state index in [0.29, 0.717) is 18.1 Å². The average molecular weight is 431 g/mol. The quantitative estimate of drug-likeness (QED) is 0.470. The number of benzene rings is 2. The summed E-state index contributed by atoms with van der Waals surface area (Å²) in [6.07, 6.45) is 3.63. The Hall–Kier alpha value is -2.48. The predicted molar refractivity (Wildman–Crippen MR) is 112 cm³/mol. The van der Waals surface area contributed by atoms with Gasteiger partial charge < -0.3 is 4.74 Å². The van der Waals surface area contributed by atoms with E-state index in [4.69, 9.17) is 4.74 Å². The lowest BCUT2D eigenvalue weighted by atomic mass is 9.79. The maximum Gasteiger partial charge on any atom is 0.214 e. The molecule has 158 valence electrons. The van der Waals surface area contributed by atoms with Crippen LogP contribution in [0.5, 0.6) is 5.75 Å². The Morgan fingerprint density at radius 2 is 1.80 bits per heavy atom. The van der Waals surface area contributed by atoms with E-state index in [1.165, 1.54) is 0 Å². The molecule has 4 rings (SSSR count). The molecule has 1 heterocycles. The van der Waals surface area contributed by atoms with Crippen LogP contribution in [0.4, 0.5) is 8.78 Å². The third-order valence-electron chi connectivity index (χ3n) is 5.55. The molecule has 0 bridgehead atoms. The van der Waals surface area contributed by atoms with Crippen molar-refractivity contribution in [1.29, 1.82) is 0 Å². The fourth-order valence-electron chi connectivity index (χ4n) is 3.96. The summed E-state index contributed by atoms with van der Waals surface area (Å²) in [5.74, 6) is -0.200. The minimum Gasteiger partial charge on any atom is -0.491 e. The zero-order chi connectivity index (χ0) is 20.9. The van der Waals surface area contributed by atoms with Crippen molar-refractivity contribution < 1.29 is 13.5 Å². The Morgan fingerprint density at radius 3 is 2.53 bits per heavy atom. The Labute approximate surface area is 178 Å². The molecule has 0 aliphatic heterocycles. The molecule has 1 fully saturated rings. The smallest absolute Gasteiger partial charge is 0.214 e. The van der Waals surface area contributed by atoms with Crippen molar-refractivity contribution in [2.45, 2.75) is 43.7 Å². The first-order valence-electron chi connectivity index (χ1n) is 10.2. The van der Waals surface area contributed by atoms with Crippen molar-refractivity contribution in [2.24, 2.45) is 5.92 Å². The topological polar surface area (TPSA) is 52.8 Å². The van der Waals surface area contributed by atoms with Crippen molar-refractivity contribution in [3.8, 4) is 11.4 Å². The van der Waals surface area contributed by atoms with Gasteiger partial charge in [-0.3, -0.25) is 0 Å². The van der Waals surface area contributed by atoms with Gasteiger partial charge in [0.15, 0.2) is 11.6 Å². The van der Waals surface area contributed by atoms with Gasteiger partial charge in [-0.05, 0) is 78.6 Å². The summed E-state index contributed by atoms with van der Waals surface area (Å²) in [4.78, 5) is 0. The normalized spacial score (nSPS) is 19.0. The second-order valence-electron chi connectivity index (χ2n) is 7.45. The largest absolute Gasteiger partial charge is 0.491 e. The van der Waals surface area contributed by atoms with Crippen LogP contribution in [0.25, 0.3) is 5.69 Å². The Kier molecular flexibility index (Phi) is 6.62. The Bertz CT molecular complexity index is 975. The van der Waals surface area contributed by atoms with Crippen LogP contribution in [0.3, 0.4) is 0 Å². The number of hydrogen-bond donors (Lipinski definition) is 0. The molecule has 0 saturated heterocycles. The summed E-state index contributed by atoms with van der Waals surface area (Å²) < 4.78 is 35.6. The minimum atomic E-state index is -0.875. The summed E-state index contributed by atoms with van der Waals surface area (Å²) in [5.41, 5.74) is 1.40. The zero-order valence-corrected chi connectivity index (χ0v) is 17.6. The fourth-order valence-corrected chi connectivity index (χ4v) is 5.04. The number of aromatic nitrogens is 4. The van der Waals surface area contributed by atoms with Crippen molar-refractivity contribution >= 4 is 11.8 Å². The van der Waals surface area contributed by atoms with Crippen LogP contribution >= 0.6 is 11.8 Å². The molecule has 2 aromatic carbocycles. The molecule has 0 unspecified atom stereocenters. The van der Waals surface area contributed by atoms with E-state index in [1.54, 1.807) is 35.5 Å². The number of halogens is 2. The summed E-state index contributed by atoms with van der Waals surface area (Å²) >= 11 is 1.64. The van der Waals surface area contributed by atoms with Gasteiger partial charge in [0.1, 0.15) is 0 Å². The van der Waals surface area contributed by atoms with Crippen molar-refractivity contribution in [1.82, 2.24) is 20.2 Å². The van der Waals surface area contributed by atoms with Crippen LogP contribution in [-0.4, -0.2) is 32.6 Å². The number of para-hydroxylation sites is 1. The lowest BCUT2D eigenvalue weighted by Gasteiger charge is -2.29. The molecule has 0 atom stereocenters. The summed E-state index contributed by atoms with van der Waals surface area (Å²) in [7, 11) is 0. The molecule has 30 heavy (non-hydrogen) atoms. The number of rotatable bonds is 7. The first kappa shape index (κ1) is 20.8. The van der Waals surface area contributed by atoms with E-state index < -0.39 is 11.6 Å². The Morgan fingerprint density at radius 1 is 1.03 bits per heavy atom. The van der Waals surface area contributed by atoms with Crippen molar-refractivity contribution in [3.63, 3.8) is 0 Å². The highest BCUT2D eigenvalue weighted by Gasteiger charge is 2.27. The van der Waals surface area contributed by atoms with Gasteiger partial charge in [0, 0.05) is 5.75 Å². The molecule has 1 saturated carbocycles. The summed E-state index contributed by atoms with van der Waals surface area (Å²) in [6.45, 7) is 2.06. The van der Waals surface area contributed by atoms with Crippen LogP contribution < -0.4 is 4.74 Å². The molecule has 8 heteroatoms. The van der Waals surface area contributed by atoms with Crippen LogP contribution in [-0.2, 0) is 0 Å². The van der Waals surface area contributed by atoms with Crippen LogP contribution in [0.15, 0.2) is 47.6 Å². The highest BCUT2D eigenvalue weighted by Crippen LogP contribution is 2.40. The highest BCUT2D eigenvalue weighted by molar-refractivity contribution is 7.99. The fraction of sp³-hybridized carbons (Fsp3) is 0.409. The molecule has 5 nitrogen and oxygen atoms in total. The summed E-state index contributed by atoms with van der Waals surface area (Å²) in [6, 6.07) is 13.0. The van der Waals surface area contributed by atoms with E-state index in [-0.39, 0.29) is 11.7 Å². The molecule has 0 radical (unpaired) electrons. The molecular formula is C22H24F2N4OS. The van der Waals surface area contributed by atoms with E-state index in [0.717, 1.165) is 42.3 Å². The number of hydrogen-bond acceptors (Lipinski definition) is 5. The molecule has 0 N–H and O–H groups in total. The standard InChI is InChI=1S/C22H24F2N4OS/c1-2-29-19-13-12-18(20(23)21(19)24)16-10-8-15(9-11-16)14-30-22-25-26-27-28(22)17-6-4-3-5-7-17/h3-7,12-13,15-16H,2,8-11,14H2,1H3. The molecule has 0 spiro atoms. The van der Waals surface area contributed by atoms with Crippen LogP contribution in [0.2, 0.25) is 0 Å². The number of ether oxygens (including phenoxy) is 1. The van der Waals surface area contributed by atoms with Crippen molar-refractivity contribution in [2.75, 3.05) is 12.4 Å². The van der Waals surface area contributed by atoms with Crippen molar-refractivity contribution in [3.05, 3.63) is 59.7 Å². The number of tetrazole rings is 1.